The van der Waals surface area contributed by atoms with Crippen LogP contribution in [-0.4, -0.2) is 17.1 Å². The Balaban J connectivity index is 3.92. The lowest BCUT2D eigenvalue weighted by Gasteiger charge is -1.93. The number of carbonyl (C=O) groups excluding carboxylic acids is 1. The third-order valence-corrected chi connectivity index (χ3v) is 0.617. The fourth-order valence-corrected chi connectivity index (χ4v) is 0.211. The van der Waals surface area contributed by atoms with E-state index in [2.05, 4.69) is 5.73 Å². The van der Waals surface area contributed by atoms with Gasteiger partial charge in [-0.15, -0.1) is 0 Å². The standard InChI is InChI=1S/C4H7N3O3/c5-2(3(8)9)1-7-4(6)10/h1H,5H2,(H,8,9)(H3,6,7,10). The molecule has 10 heavy (non-hydrogen) atoms. The lowest BCUT2D eigenvalue weighted by atomic mass is 10.5. The minimum absolute atomic E-state index is 0.473. The maximum absolute atomic E-state index is 9.94. The molecule has 0 aromatic carbocycles. The van der Waals surface area contributed by atoms with Crippen LogP contribution in [0.2, 0.25) is 0 Å². The fourth-order valence-electron chi connectivity index (χ4n) is 0.211. The summed E-state index contributed by atoms with van der Waals surface area (Å²) in [6.07, 6.45) is 0.810. The minimum Gasteiger partial charge on any atom is -0.477 e. The highest BCUT2D eigenvalue weighted by Gasteiger charge is 1.99. The topological polar surface area (TPSA) is 118 Å². The van der Waals surface area contributed by atoms with E-state index in [1.807, 2.05) is 5.32 Å². The molecule has 6 heteroatoms. The highest BCUT2D eigenvalue weighted by atomic mass is 16.4. The Morgan fingerprint density at radius 2 is 1.90 bits per heavy atom. The molecule has 0 aliphatic carbocycles. The van der Waals surface area contributed by atoms with E-state index >= 15 is 0 Å². The zero-order chi connectivity index (χ0) is 8.15. The first-order valence-corrected chi connectivity index (χ1v) is 2.29. The minimum atomic E-state index is -1.31. The number of hydrogen-bond acceptors (Lipinski definition) is 3. The Morgan fingerprint density at radius 1 is 1.40 bits per heavy atom. The van der Waals surface area contributed by atoms with Crippen LogP contribution < -0.4 is 16.8 Å². The van der Waals surface area contributed by atoms with E-state index in [1.54, 1.807) is 0 Å². The van der Waals surface area contributed by atoms with Crippen molar-refractivity contribution in [3.63, 3.8) is 0 Å². The van der Waals surface area contributed by atoms with Gasteiger partial charge < -0.3 is 21.9 Å². The molecular formula is C4H7N3O3. The summed E-state index contributed by atoms with van der Waals surface area (Å²) in [5.74, 6) is -1.31. The number of carboxylic acid groups (broad SMARTS) is 1. The third-order valence-electron chi connectivity index (χ3n) is 0.617. The molecule has 0 aromatic rings. The predicted octanol–water partition coefficient (Wildman–Crippen LogP) is -1.46. The van der Waals surface area contributed by atoms with Crippen molar-refractivity contribution in [1.82, 2.24) is 5.32 Å². The molecule has 0 saturated heterocycles. The van der Waals surface area contributed by atoms with Crippen LogP contribution in [-0.2, 0) is 4.79 Å². The van der Waals surface area contributed by atoms with Gasteiger partial charge in [-0.05, 0) is 0 Å². The molecule has 0 spiro atoms. The van der Waals surface area contributed by atoms with Gasteiger partial charge in [-0.25, -0.2) is 9.59 Å². The smallest absolute Gasteiger partial charge is 0.353 e. The fraction of sp³-hybridized carbons (Fsp3) is 0. The Kier molecular flexibility index (Phi) is 2.76. The van der Waals surface area contributed by atoms with Gasteiger partial charge in [-0.2, -0.15) is 0 Å². The molecule has 0 aromatic heterocycles. The molecule has 0 aliphatic heterocycles. The zero-order valence-electron chi connectivity index (χ0n) is 5.00. The van der Waals surface area contributed by atoms with Crippen LogP contribution in [0, 0.1) is 0 Å². The van der Waals surface area contributed by atoms with E-state index in [4.69, 9.17) is 10.8 Å². The van der Waals surface area contributed by atoms with Crippen LogP contribution >= 0.6 is 0 Å². The van der Waals surface area contributed by atoms with Gasteiger partial charge in [0.15, 0.2) is 0 Å². The van der Waals surface area contributed by atoms with Gasteiger partial charge >= 0.3 is 12.0 Å². The number of nitrogens with one attached hydrogen (secondary N) is 1. The van der Waals surface area contributed by atoms with Crippen LogP contribution in [0.1, 0.15) is 0 Å². The molecule has 6 N–H and O–H groups in total. The Labute approximate surface area is 56.5 Å². The summed E-state index contributed by atoms with van der Waals surface area (Å²) in [4.78, 5) is 19.9. The maximum Gasteiger partial charge on any atom is 0.353 e. The van der Waals surface area contributed by atoms with Crippen molar-refractivity contribution in [1.29, 1.82) is 0 Å². The van der Waals surface area contributed by atoms with Crippen molar-refractivity contribution in [2.24, 2.45) is 11.5 Å². The summed E-state index contributed by atoms with van der Waals surface area (Å²) in [7, 11) is 0. The Hall–Kier alpha value is -1.72. The number of aliphatic carboxylic acids is 1. The summed E-state index contributed by atoms with van der Waals surface area (Å²) < 4.78 is 0. The lowest BCUT2D eigenvalue weighted by molar-refractivity contribution is -0.132. The van der Waals surface area contributed by atoms with E-state index < -0.39 is 17.7 Å². The van der Waals surface area contributed by atoms with E-state index in [1.165, 1.54) is 0 Å². The highest BCUT2D eigenvalue weighted by molar-refractivity contribution is 5.86. The predicted molar refractivity (Wildman–Crippen MR) is 32.6 cm³/mol. The number of amides is 2. The highest BCUT2D eigenvalue weighted by Crippen LogP contribution is 1.77. The number of nitrogens with two attached hydrogens (primary N) is 2. The van der Waals surface area contributed by atoms with Gasteiger partial charge in [0.05, 0.1) is 0 Å². The second-order valence-electron chi connectivity index (χ2n) is 1.41. The van der Waals surface area contributed by atoms with Crippen LogP contribution in [0.4, 0.5) is 4.79 Å². The monoisotopic (exact) mass is 145 g/mol. The summed E-state index contributed by atoms with van der Waals surface area (Å²) in [5, 5.41) is 10.0. The van der Waals surface area contributed by atoms with Gasteiger partial charge in [0.2, 0.25) is 0 Å². The van der Waals surface area contributed by atoms with Crippen molar-refractivity contribution in [2.45, 2.75) is 0 Å². The largest absolute Gasteiger partial charge is 0.477 e. The summed E-state index contributed by atoms with van der Waals surface area (Å²) in [6.45, 7) is 0. The molecule has 0 saturated carbocycles. The number of primary amides is 1. The molecular weight excluding hydrogens is 138 g/mol. The number of hydrogen-bond donors (Lipinski definition) is 4. The van der Waals surface area contributed by atoms with Crippen molar-refractivity contribution in [2.75, 3.05) is 0 Å². The van der Waals surface area contributed by atoms with E-state index in [-0.39, 0.29) is 0 Å². The molecule has 0 unspecified atom stereocenters. The van der Waals surface area contributed by atoms with E-state index in [9.17, 15) is 9.59 Å². The van der Waals surface area contributed by atoms with Gasteiger partial charge in [0, 0.05) is 6.20 Å². The second-order valence-corrected chi connectivity index (χ2v) is 1.41. The van der Waals surface area contributed by atoms with Crippen LogP contribution in [0.3, 0.4) is 0 Å². The number of urea groups is 1. The molecule has 0 fully saturated rings. The first kappa shape index (κ1) is 8.28. The summed E-state index contributed by atoms with van der Waals surface area (Å²) in [5.41, 5.74) is 8.98. The van der Waals surface area contributed by atoms with E-state index in [0.29, 0.717) is 0 Å². The number of carbonyl (C=O) groups is 2. The van der Waals surface area contributed by atoms with Crippen LogP contribution in [0.5, 0.6) is 0 Å². The number of rotatable bonds is 2. The quantitative estimate of drug-likeness (QED) is 0.355. The number of carboxylic acids is 1. The molecule has 0 atom stereocenters. The average molecular weight is 145 g/mol. The van der Waals surface area contributed by atoms with E-state index in [0.717, 1.165) is 6.20 Å². The van der Waals surface area contributed by atoms with Crippen molar-refractivity contribution in [3.05, 3.63) is 11.9 Å². The summed E-state index contributed by atoms with van der Waals surface area (Å²) >= 11 is 0. The van der Waals surface area contributed by atoms with Crippen molar-refractivity contribution < 1.29 is 14.7 Å². The zero-order valence-corrected chi connectivity index (χ0v) is 5.00. The van der Waals surface area contributed by atoms with Crippen molar-refractivity contribution >= 4 is 12.0 Å². The molecule has 0 radical (unpaired) electrons. The molecule has 0 aliphatic rings. The van der Waals surface area contributed by atoms with Crippen LogP contribution in [0.25, 0.3) is 0 Å². The third kappa shape index (κ3) is 3.30. The maximum atomic E-state index is 9.94. The summed E-state index contributed by atoms with van der Waals surface area (Å²) in [6, 6.07) is -0.857. The SMILES string of the molecule is NC(=O)NC=C(N)C(=O)O. The lowest BCUT2D eigenvalue weighted by Crippen LogP contribution is -2.26. The molecule has 56 valence electrons. The van der Waals surface area contributed by atoms with Gasteiger partial charge in [0.25, 0.3) is 0 Å². The first-order chi connectivity index (χ1) is 4.54. The molecule has 2 amide bonds. The Bertz CT molecular complexity index is 186. The first-order valence-electron chi connectivity index (χ1n) is 2.29. The Morgan fingerprint density at radius 3 is 2.20 bits per heavy atom. The normalized spacial score (nSPS) is 10.6. The van der Waals surface area contributed by atoms with Crippen molar-refractivity contribution in [3.8, 4) is 0 Å². The second kappa shape index (κ2) is 3.33. The van der Waals surface area contributed by atoms with Gasteiger partial charge in [-0.3, -0.25) is 0 Å². The molecule has 0 heterocycles. The molecule has 0 bridgehead atoms. The molecule has 6 nitrogen and oxygen atoms in total. The average Bonchev–Trinajstić information content (AvgIpc) is 1.82. The van der Waals surface area contributed by atoms with Gasteiger partial charge in [-0.1, -0.05) is 0 Å². The van der Waals surface area contributed by atoms with Crippen LogP contribution in [0.15, 0.2) is 11.9 Å². The van der Waals surface area contributed by atoms with Gasteiger partial charge in [0.1, 0.15) is 5.70 Å². The molecule has 0 rings (SSSR count).